The van der Waals surface area contributed by atoms with Crippen LogP contribution in [0.3, 0.4) is 0 Å². The van der Waals surface area contributed by atoms with Crippen LogP contribution in [0, 0.1) is 17.1 Å². The maximum atomic E-state index is 13.7. The number of rotatable bonds is 3. The van der Waals surface area contributed by atoms with Gasteiger partial charge in [0, 0.05) is 6.54 Å². The summed E-state index contributed by atoms with van der Waals surface area (Å²) >= 11 is 0. The lowest BCUT2D eigenvalue weighted by molar-refractivity contribution is -0.145. The van der Waals surface area contributed by atoms with E-state index in [2.05, 4.69) is 0 Å². The molecular formula is C15H17FN2O2. The second-order valence-corrected chi connectivity index (χ2v) is 4.70. The van der Waals surface area contributed by atoms with Crippen molar-refractivity contribution in [3.05, 3.63) is 29.6 Å². The van der Waals surface area contributed by atoms with Crippen LogP contribution in [0.15, 0.2) is 18.2 Å². The number of carbonyl (C=O) groups excluding carboxylic acids is 1. The minimum atomic E-state index is -0.557. The lowest BCUT2D eigenvalue weighted by Gasteiger charge is -2.36. The van der Waals surface area contributed by atoms with Gasteiger partial charge in [-0.15, -0.1) is 0 Å². The maximum Gasteiger partial charge on any atom is 0.328 e. The highest BCUT2D eigenvalue weighted by molar-refractivity contribution is 5.81. The Morgan fingerprint density at radius 1 is 1.55 bits per heavy atom. The average molecular weight is 276 g/mol. The SMILES string of the molecule is CCOC(=O)C1CCCCN1c1cccc(F)c1C#N. The van der Waals surface area contributed by atoms with Crippen LogP contribution in [0.1, 0.15) is 31.7 Å². The van der Waals surface area contributed by atoms with Crippen molar-refractivity contribution in [2.45, 2.75) is 32.2 Å². The summed E-state index contributed by atoms with van der Waals surface area (Å²) in [6.45, 7) is 2.70. The van der Waals surface area contributed by atoms with E-state index in [1.54, 1.807) is 24.0 Å². The Kier molecular flexibility index (Phi) is 4.57. The number of esters is 1. The van der Waals surface area contributed by atoms with Gasteiger partial charge in [0.15, 0.2) is 0 Å². The third-order valence-corrected chi connectivity index (χ3v) is 3.47. The molecule has 1 aromatic carbocycles. The first-order valence-corrected chi connectivity index (χ1v) is 6.81. The Morgan fingerprint density at radius 3 is 3.05 bits per heavy atom. The van der Waals surface area contributed by atoms with Gasteiger partial charge < -0.3 is 9.64 Å². The van der Waals surface area contributed by atoms with Crippen LogP contribution in [0.4, 0.5) is 10.1 Å². The molecule has 1 aliphatic rings. The average Bonchev–Trinajstić information content (AvgIpc) is 2.47. The second-order valence-electron chi connectivity index (χ2n) is 4.70. The van der Waals surface area contributed by atoms with E-state index in [0.717, 1.165) is 12.8 Å². The quantitative estimate of drug-likeness (QED) is 0.796. The van der Waals surface area contributed by atoms with Crippen LogP contribution in [0.5, 0.6) is 0 Å². The van der Waals surface area contributed by atoms with E-state index >= 15 is 0 Å². The molecule has 0 spiro atoms. The Balaban J connectivity index is 2.36. The number of hydrogen-bond acceptors (Lipinski definition) is 4. The Labute approximate surface area is 117 Å². The molecule has 0 bridgehead atoms. The molecule has 1 heterocycles. The predicted octanol–water partition coefficient (Wildman–Crippen LogP) is 2.62. The van der Waals surface area contributed by atoms with Crippen molar-refractivity contribution in [2.75, 3.05) is 18.1 Å². The minimum Gasteiger partial charge on any atom is -0.464 e. The normalized spacial score (nSPS) is 18.4. The highest BCUT2D eigenvalue weighted by Crippen LogP contribution is 2.29. The topological polar surface area (TPSA) is 53.3 Å². The fraction of sp³-hybridized carbons (Fsp3) is 0.467. The Bertz CT molecular complexity index is 539. The molecule has 1 saturated heterocycles. The molecule has 0 aromatic heterocycles. The number of benzene rings is 1. The summed E-state index contributed by atoms with van der Waals surface area (Å²) in [7, 11) is 0. The number of halogens is 1. The molecule has 1 fully saturated rings. The second kappa shape index (κ2) is 6.38. The summed E-state index contributed by atoms with van der Waals surface area (Å²) in [5, 5.41) is 9.13. The number of nitrogens with zero attached hydrogens (tertiary/aromatic N) is 2. The Hall–Kier alpha value is -2.09. The monoisotopic (exact) mass is 276 g/mol. The first kappa shape index (κ1) is 14.3. The van der Waals surface area contributed by atoms with Gasteiger partial charge in [0.1, 0.15) is 23.5 Å². The van der Waals surface area contributed by atoms with Crippen LogP contribution in [-0.2, 0) is 9.53 Å². The molecular weight excluding hydrogens is 259 g/mol. The molecule has 0 aliphatic carbocycles. The number of anilines is 1. The lowest BCUT2D eigenvalue weighted by atomic mass is 10.00. The van der Waals surface area contributed by atoms with Crippen molar-refractivity contribution in [2.24, 2.45) is 0 Å². The highest BCUT2D eigenvalue weighted by Gasteiger charge is 2.31. The van der Waals surface area contributed by atoms with E-state index in [0.29, 0.717) is 25.3 Å². The van der Waals surface area contributed by atoms with E-state index in [4.69, 9.17) is 10.00 Å². The van der Waals surface area contributed by atoms with E-state index < -0.39 is 11.9 Å². The summed E-state index contributed by atoms with van der Waals surface area (Å²) in [5.41, 5.74) is 0.467. The summed E-state index contributed by atoms with van der Waals surface area (Å²) in [6, 6.07) is 5.94. The standard InChI is InChI=1S/C15H17FN2O2/c1-2-20-15(19)14-7-3-4-9-18(14)13-8-5-6-12(16)11(13)10-17/h5-6,8,14H,2-4,7,9H2,1H3. The van der Waals surface area contributed by atoms with E-state index in [1.807, 2.05) is 6.07 Å². The summed E-state index contributed by atoms with van der Waals surface area (Å²) in [5.74, 6) is -0.862. The first-order valence-electron chi connectivity index (χ1n) is 6.81. The van der Waals surface area contributed by atoms with Crippen molar-refractivity contribution in [1.82, 2.24) is 0 Å². The van der Waals surface area contributed by atoms with Crippen LogP contribution < -0.4 is 4.90 Å². The zero-order chi connectivity index (χ0) is 14.5. The molecule has 0 saturated carbocycles. The number of carbonyl (C=O) groups is 1. The van der Waals surface area contributed by atoms with Gasteiger partial charge in [0.05, 0.1) is 12.3 Å². The Morgan fingerprint density at radius 2 is 2.35 bits per heavy atom. The minimum absolute atomic E-state index is 0.0105. The lowest BCUT2D eigenvalue weighted by Crippen LogP contribution is -2.46. The molecule has 0 radical (unpaired) electrons. The number of nitriles is 1. The van der Waals surface area contributed by atoms with E-state index in [1.165, 1.54) is 6.07 Å². The molecule has 4 nitrogen and oxygen atoms in total. The van der Waals surface area contributed by atoms with Gasteiger partial charge >= 0.3 is 5.97 Å². The van der Waals surface area contributed by atoms with Gasteiger partial charge in [-0.3, -0.25) is 0 Å². The summed E-state index contributed by atoms with van der Waals surface area (Å²) in [6.07, 6.45) is 2.51. The molecule has 0 amide bonds. The van der Waals surface area contributed by atoms with E-state index in [-0.39, 0.29) is 11.5 Å². The van der Waals surface area contributed by atoms with Crippen molar-refractivity contribution in [3.8, 4) is 6.07 Å². The smallest absolute Gasteiger partial charge is 0.328 e. The summed E-state index contributed by atoms with van der Waals surface area (Å²) < 4.78 is 18.8. The van der Waals surface area contributed by atoms with Gasteiger partial charge in [-0.1, -0.05) is 6.07 Å². The van der Waals surface area contributed by atoms with Gasteiger partial charge in [-0.25, -0.2) is 9.18 Å². The largest absolute Gasteiger partial charge is 0.464 e. The molecule has 2 rings (SSSR count). The molecule has 1 aliphatic heterocycles. The van der Waals surface area contributed by atoms with Crippen LogP contribution in [0.25, 0.3) is 0 Å². The maximum absolute atomic E-state index is 13.7. The van der Waals surface area contributed by atoms with Gasteiger partial charge in [0.2, 0.25) is 0 Å². The number of ether oxygens (including phenoxy) is 1. The van der Waals surface area contributed by atoms with Gasteiger partial charge in [-0.05, 0) is 38.3 Å². The molecule has 1 aromatic rings. The first-order chi connectivity index (χ1) is 9.69. The predicted molar refractivity (Wildman–Crippen MR) is 72.7 cm³/mol. The van der Waals surface area contributed by atoms with E-state index in [9.17, 15) is 9.18 Å². The van der Waals surface area contributed by atoms with Crippen LogP contribution in [-0.4, -0.2) is 25.2 Å². The van der Waals surface area contributed by atoms with Crippen LogP contribution >= 0.6 is 0 Å². The molecule has 5 heteroatoms. The van der Waals surface area contributed by atoms with Crippen molar-refractivity contribution >= 4 is 11.7 Å². The zero-order valence-corrected chi connectivity index (χ0v) is 11.4. The molecule has 1 unspecified atom stereocenters. The fourth-order valence-corrected chi connectivity index (χ4v) is 2.57. The number of hydrogen-bond donors (Lipinski definition) is 0. The highest BCUT2D eigenvalue weighted by atomic mass is 19.1. The molecule has 1 atom stereocenters. The zero-order valence-electron chi connectivity index (χ0n) is 11.4. The van der Waals surface area contributed by atoms with Crippen molar-refractivity contribution in [1.29, 1.82) is 5.26 Å². The summed E-state index contributed by atoms with van der Waals surface area (Å²) in [4.78, 5) is 13.8. The molecule has 20 heavy (non-hydrogen) atoms. The van der Waals surface area contributed by atoms with Gasteiger partial charge in [-0.2, -0.15) is 5.26 Å². The van der Waals surface area contributed by atoms with Crippen molar-refractivity contribution < 1.29 is 13.9 Å². The van der Waals surface area contributed by atoms with Crippen LogP contribution in [0.2, 0.25) is 0 Å². The third-order valence-electron chi connectivity index (χ3n) is 3.47. The number of piperidine rings is 1. The fourth-order valence-electron chi connectivity index (χ4n) is 2.57. The third kappa shape index (κ3) is 2.74. The van der Waals surface area contributed by atoms with Crippen molar-refractivity contribution in [3.63, 3.8) is 0 Å². The van der Waals surface area contributed by atoms with Gasteiger partial charge in [0.25, 0.3) is 0 Å². The molecule has 106 valence electrons. The molecule has 0 N–H and O–H groups in total.